The number of nitrogens with zero attached hydrogens (tertiary/aromatic N) is 3. The average molecular weight is 203 g/mol. The van der Waals surface area contributed by atoms with Crippen LogP contribution in [0.25, 0.3) is 5.65 Å². The van der Waals surface area contributed by atoms with Gasteiger partial charge in [-0.1, -0.05) is 12.5 Å². The first-order chi connectivity index (χ1) is 7.34. The fourth-order valence-electron chi connectivity index (χ4n) is 2.11. The summed E-state index contributed by atoms with van der Waals surface area (Å²) in [5, 5.41) is 13.8. The van der Waals surface area contributed by atoms with E-state index in [4.69, 9.17) is 0 Å². The van der Waals surface area contributed by atoms with Crippen LogP contribution in [0, 0.1) is 0 Å². The predicted molar refractivity (Wildman–Crippen MR) is 55.6 cm³/mol. The molecule has 1 fully saturated rings. The Bertz CT molecular complexity index is 449. The van der Waals surface area contributed by atoms with Gasteiger partial charge in [0.2, 0.25) is 0 Å². The number of hydrogen-bond acceptors (Lipinski definition) is 3. The van der Waals surface area contributed by atoms with Gasteiger partial charge < -0.3 is 5.11 Å². The van der Waals surface area contributed by atoms with Crippen molar-refractivity contribution < 1.29 is 5.11 Å². The number of aliphatic hydroxyl groups excluding tert-OH is 1. The minimum Gasteiger partial charge on any atom is -0.395 e. The van der Waals surface area contributed by atoms with E-state index in [0.717, 1.165) is 30.7 Å². The minimum atomic E-state index is -0.161. The summed E-state index contributed by atoms with van der Waals surface area (Å²) >= 11 is 0. The number of hydrogen-bond donors (Lipinski definition) is 1. The molecule has 4 nitrogen and oxygen atoms in total. The lowest BCUT2D eigenvalue weighted by atomic mass is 9.69. The van der Waals surface area contributed by atoms with Gasteiger partial charge >= 0.3 is 0 Å². The maximum Gasteiger partial charge on any atom is 0.160 e. The second-order valence-electron chi connectivity index (χ2n) is 4.23. The molecule has 1 N–H and O–H groups in total. The molecule has 2 aromatic rings. The second kappa shape index (κ2) is 3.03. The van der Waals surface area contributed by atoms with E-state index in [9.17, 15) is 5.11 Å². The lowest BCUT2D eigenvalue weighted by molar-refractivity contribution is 0.112. The van der Waals surface area contributed by atoms with Crippen molar-refractivity contribution in [3.63, 3.8) is 0 Å². The quantitative estimate of drug-likeness (QED) is 0.796. The lowest BCUT2D eigenvalue weighted by Gasteiger charge is -2.37. The van der Waals surface area contributed by atoms with Gasteiger partial charge in [-0.15, -0.1) is 0 Å². The van der Waals surface area contributed by atoms with Crippen LogP contribution >= 0.6 is 0 Å². The number of rotatable bonds is 2. The van der Waals surface area contributed by atoms with E-state index in [1.165, 1.54) is 0 Å². The van der Waals surface area contributed by atoms with Gasteiger partial charge in [0.05, 0.1) is 12.0 Å². The summed E-state index contributed by atoms with van der Waals surface area (Å²) < 4.78 is 1.77. The van der Waals surface area contributed by atoms with E-state index in [1.54, 1.807) is 4.52 Å². The summed E-state index contributed by atoms with van der Waals surface area (Å²) in [6.45, 7) is 0.157. The molecule has 1 saturated carbocycles. The molecule has 2 aromatic heterocycles. The molecule has 0 aliphatic heterocycles. The van der Waals surface area contributed by atoms with Crippen LogP contribution in [0.5, 0.6) is 0 Å². The zero-order valence-corrected chi connectivity index (χ0v) is 8.43. The SMILES string of the molecule is OCC1(c2nc3ccccn3n2)CCC1. The highest BCUT2D eigenvalue weighted by molar-refractivity contribution is 5.37. The van der Waals surface area contributed by atoms with Gasteiger partial charge in [-0.2, -0.15) is 5.10 Å². The molecule has 0 amide bonds. The fraction of sp³-hybridized carbons (Fsp3) is 0.455. The van der Waals surface area contributed by atoms with E-state index in [1.807, 2.05) is 24.4 Å². The Balaban J connectivity index is 2.11. The number of aromatic nitrogens is 3. The van der Waals surface area contributed by atoms with Gasteiger partial charge in [-0.05, 0) is 25.0 Å². The Morgan fingerprint density at radius 2 is 2.27 bits per heavy atom. The smallest absolute Gasteiger partial charge is 0.160 e. The summed E-state index contributed by atoms with van der Waals surface area (Å²) in [5.74, 6) is 0.794. The molecule has 0 spiro atoms. The van der Waals surface area contributed by atoms with Gasteiger partial charge in [-0.25, -0.2) is 9.50 Å². The van der Waals surface area contributed by atoms with Crippen molar-refractivity contribution >= 4 is 5.65 Å². The summed E-state index contributed by atoms with van der Waals surface area (Å²) in [6, 6.07) is 5.80. The number of aliphatic hydroxyl groups is 1. The standard InChI is InChI=1S/C11H13N3O/c15-8-11(5-3-6-11)10-12-9-4-1-2-7-14(9)13-10/h1-2,4,7,15H,3,5-6,8H2. The average Bonchev–Trinajstić information content (AvgIpc) is 2.60. The van der Waals surface area contributed by atoms with Crippen LogP contribution in [0.2, 0.25) is 0 Å². The highest BCUT2D eigenvalue weighted by Gasteiger charge is 2.41. The maximum atomic E-state index is 9.43. The van der Waals surface area contributed by atoms with Gasteiger partial charge in [-0.3, -0.25) is 0 Å². The van der Waals surface area contributed by atoms with E-state index in [-0.39, 0.29) is 12.0 Å². The van der Waals surface area contributed by atoms with Crippen LogP contribution < -0.4 is 0 Å². The first-order valence-electron chi connectivity index (χ1n) is 5.27. The third-order valence-corrected chi connectivity index (χ3v) is 3.33. The first-order valence-corrected chi connectivity index (χ1v) is 5.27. The molecule has 0 unspecified atom stereocenters. The Morgan fingerprint density at radius 3 is 2.87 bits per heavy atom. The van der Waals surface area contributed by atoms with Gasteiger partial charge in [0.25, 0.3) is 0 Å². The molecule has 1 aliphatic rings. The van der Waals surface area contributed by atoms with Crippen molar-refractivity contribution in [1.82, 2.24) is 14.6 Å². The Morgan fingerprint density at radius 1 is 1.40 bits per heavy atom. The molecule has 2 heterocycles. The van der Waals surface area contributed by atoms with E-state index in [2.05, 4.69) is 10.1 Å². The number of fused-ring (bicyclic) bond motifs is 1. The third-order valence-electron chi connectivity index (χ3n) is 3.33. The van der Waals surface area contributed by atoms with Gasteiger partial charge in [0.15, 0.2) is 11.5 Å². The molecule has 4 heteroatoms. The normalized spacial score (nSPS) is 19.0. The molecule has 0 radical (unpaired) electrons. The predicted octanol–water partition coefficient (Wildman–Crippen LogP) is 1.14. The Hall–Kier alpha value is -1.42. The summed E-state index contributed by atoms with van der Waals surface area (Å²) in [7, 11) is 0. The first kappa shape index (κ1) is 8.85. The molecule has 0 saturated heterocycles. The summed E-state index contributed by atoms with van der Waals surface area (Å²) in [5.41, 5.74) is 0.693. The monoisotopic (exact) mass is 203 g/mol. The maximum absolute atomic E-state index is 9.43. The van der Waals surface area contributed by atoms with Crippen molar-refractivity contribution in [3.8, 4) is 0 Å². The topological polar surface area (TPSA) is 50.4 Å². The van der Waals surface area contributed by atoms with Crippen molar-refractivity contribution in [3.05, 3.63) is 30.2 Å². The molecular formula is C11H13N3O. The highest BCUT2D eigenvalue weighted by atomic mass is 16.3. The van der Waals surface area contributed by atoms with Crippen molar-refractivity contribution in [2.45, 2.75) is 24.7 Å². The van der Waals surface area contributed by atoms with E-state index in [0.29, 0.717) is 0 Å². The van der Waals surface area contributed by atoms with Crippen LogP contribution in [0.4, 0.5) is 0 Å². The Labute approximate surface area is 87.6 Å². The van der Waals surface area contributed by atoms with Crippen molar-refractivity contribution in [1.29, 1.82) is 0 Å². The largest absolute Gasteiger partial charge is 0.395 e. The molecule has 78 valence electrons. The van der Waals surface area contributed by atoms with E-state index < -0.39 is 0 Å². The summed E-state index contributed by atoms with van der Waals surface area (Å²) in [6.07, 6.45) is 5.05. The molecule has 15 heavy (non-hydrogen) atoms. The molecule has 1 aliphatic carbocycles. The minimum absolute atomic E-state index is 0.157. The lowest BCUT2D eigenvalue weighted by Crippen LogP contribution is -2.39. The summed E-state index contributed by atoms with van der Waals surface area (Å²) in [4.78, 5) is 4.47. The van der Waals surface area contributed by atoms with Gasteiger partial charge in [0, 0.05) is 6.20 Å². The zero-order chi connectivity index (χ0) is 10.3. The van der Waals surface area contributed by atoms with Crippen LogP contribution in [-0.2, 0) is 5.41 Å². The number of pyridine rings is 1. The zero-order valence-electron chi connectivity index (χ0n) is 8.43. The van der Waals surface area contributed by atoms with Gasteiger partial charge in [0.1, 0.15) is 0 Å². The fourth-order valence-corrected chi connectivity index (χ4v) is 2.11. The highest BCUT2D eigenvalue weighted by Crippen LogP contribution is 2.41. The molecule has 3 rings (SSSR count). The molecule has 0 bridgehead atoms. The van der Waals surface area contributed by atoms with Crippen LogP contribution in [-0.4, -0.2) is 26.3 Å². The molecule has 0 aromatic carbocycles. The van der Waals surface area contributed by atoms with E-state index >= 15 is 0 Å². The van der Waals surface area contributed by atoms with Crippen molar-refractivity contribution in [2.24, 2.45) is 0 Å². The van der Waals surface area contributed by atoms with Crippen LogP contribution in [0.3, 0.4) is 0 Å². The van der Waals surface area contributed by atoms with Crippen LogP contribution in [0.15, 0.2) is 24.4 Å². The molecule has 0 atom stereocenters. The molecular weight excluding hydrogens is 190 g/mol. The van der Waals surface area contributed by atoms with Crippen LogP contribution in [0.1, 0.15) is 25.1 Å². The third kappa shape index (κ3) is 1.18. The van der Waals surface area contributed by atoms with Crippen molar-refractivity contribution in [2.75, 3.05) is 6.61 Å². The Kier molecular flexibility index (Phi) is 1.79. The second-order valence-corrected chi connectivity index (χ2v) is 4.23.